The molecule has 8 aliphatic carbocycles. The minimum absolute atomic E-state index is 0.0846. The van der Waals surface area contributed by atoms with Crippen molar-refractivity contribution in [3.05, 3.63) is 292 Å². The van der Waals surface area contributed by atoms with Gasteiger partial charge in [-0.3, -0.25) is 0 Å². The summed E-state index contributed by atoms with van der Waals surface area (Å²) in [6.07, 6.45) is 13.9. The average molecular weight is 1190 g/mol. The Hall–Kier alpha value is -7.73. The number of hydrogen-bond donors (Lipinski definition) is 1. The van der Waals surface area contributed by atoms with Crippen LogP contribution in [-0.4, -0.2) is 0 Å². The van der Waals surface area contributed by atoms with E-state index < -0.39 is 0 Å². The van der Waals surface area contributed by atoms with Crippen LogP contribution < -0.4 is 20.0 Å². The minimum atomic E-state index is 0.0846. The fourth-order valence-electron chi connectivity index (χ4n) is 19.1. The van der Waals surface area contributed by atoms with Crippen LogP contribution in [0.2, 0.25) is 15.1 Å². The molecule has 8 bridgehead atoms. The summed E-state index contributed by atoms with van der Waals surface area (Å²) < 4.78 is 0. The average Bonchev–Trinajstić information content (AvgIpc) is 0.757. The smallest absolute Gasteiger partial charge is 0.0887 e. The zero-order valence-corrected chi connectivity index (χ0v) is 51.2. The summed E-state index contributed by atoms with van der Waals surface area (Å²) in [7, 11) is 0. The Labute approximate surface area is 528 Å². The summed E-state index contributed by atoms with van der Waals surface area (Å²) in [6, 6.07) is 90.5. The third-order valence-electron chi connectivity index (χ3n) is 21.7. The summed E-state index contributed by atoms with van der Waals surface area (Å²) in [5, 5.41) is 5.28. The topological polar surface area (TPSA) is 21.8 Å². The molecule has 0 saturated heterocycles. The lowest BCUT2D eigenvalue weighted by molar-refractivity contribution is -0.0419. The van der Waals surface area contributed by atoms with Crippen LogP contribution >= 0.6 is 34.8 Å². The largest absolute Gasteiger partial charge is 0.356 e. The van der Waals surface area contributed by atoms with Gasteiger partial charge in [-0.05, 0) is 231 Å². The van der Waals surface area contributed by atoms with E-state index >= 15 is 0 Å². The van der Waals surface area contributed by atoms with Crippen molar-refractivity contribution in [1.29, 1.82) is 0 Å². The standard InChI is InChI=1S/C40H35ClN2.C28H25Cl2N.C12H11N/c41-39-37(42(31-12-3-1-4-13-31)32-14-5-2-6-15-32)20-11-21-38(39)43-35-18-9-7-16-33(35)40(34-17-8-10-19-36(34)43)29-23-27-22-28(25-29)26-30(40)24-27;29-23-8-5-11-26(27(23)30)31-24-9-3-1-6-21(24)28(22-7-2-4-10-25(22)31)19-13-17-12-18(15-19)16-20(28)14-17;1-3-7-11(8-4-1)13-12-9-5-2-6-10-12/h1-21,27-30H,22-26H2;1-11,17-20H,12-16H2;1-10,13H. The van der Waals surface area contributed by atoms with Gasteiger partial charge in [0.15, 0.2) is 0 Å². The van der Waals surface area contributed by atoms with E-state index in [1.165, 1.54) is 109 Å². The molecule has 8 fully saturated rings. The monoisotopic (exact) mass is 1190 g/mol. The number of nitrogens with zero attached hydrogens (tertiary/aromatic N) is 3. The molecule has 2 spiro atoms. The lowest BCUT2D eigenvalue weighted by Crippen LogP contribution is -2.57. The van der Waals surface area contributed by atoms with Crippen molar-refractivity contribution < 1.29 is 0 Å². The first kappa shape index (κ1) is 54.6. The van der Waals surface area contributed by atoms with Gasteiger partial charge in [-0.2, -0.15) is 0 Å². The van der Waals surface area contributed by atoms with Crippen LogP contribution in [0.3, 0.4) is 0 Å². The molecule has 432 valence electrons. The summed E-state index contributed by atoms with van der Waals surface area (Å²) in [5.41, 5.74) is 18.7. The number of hydrogen-bond acceptors (Lipinski definition) is 4. The molecule has 4 nitrogen and oxygen atoms in total. The molecule has 0 unspecified atom stereocenters. The number of fused-ring (bicyclic) bond motifs is 4. The second-order valence-corrected chi connectivity index (χ2v) is 27.3. The predicted octanol–water partition coefficient (Wildman–Crippen LogP) is 23.3. The Bertz CT molecular complexity index is 3900. The van der Waals surface area contributed by atoms with Crippen molar-refractivity contribution in [2.45, 2.75) is 75.0 Å². The molecule has 0 radical (unpaired) electrons. The highest BCUT2D eigenvalue weighted by atomic mass is 35.5. The number of para-hydroxylation sites is 8. The predicted molar refractivity (Wildman–Crippen MR) is 364 cm³/mol. The maximum Gasteiger partial charge on any atom is 0.0887 e. The van der Waals surface area contributed by atoms with Crippen LogP contribution in [0.4, 0.5) is 62.6 Å². The van der Waals surface area contributed by atoms with Gasteiger partial charge in [0.25, 0.3) is 0 Å². The maximum atomic E-state index is 7.58. The quantitative estimate of drug-likeness (QED) is 0.172. The van der Waals surface area contributed by atoms with Gasteiger partial charge in [0.1, 0.15) is 0 Å². The number of anilines is 11. The van der Waals surface area contributed by atoms with Gasteiger partial charge in [0.2, 0.25) is 0 Å². The van der Waals surface area contributed by atoms with Crippen LogP contribution in [0.1, 0.15) is 86.5 Å². The summed E-state index contributed by atoms with van der Waals surface area (Å²) in [6.45, 7) is 0. The van der Waals surface area contributed by atoms with E-state index in [0.717, 1.165) is 80.3 Å². The Morgan fingerprint density at radius 1 is 0.299 bits per heavy atom. The SMILES string of the molecule is Clc1c(N(c2ccccc2)c2ccccc2)cccc1N1c2ccccc2C2(c3ccccc31)C1CC3CC(C1)CC2C3.Clc1cccc(N2c3ccccc3C3(c4ccccc42)C2CC4CC(C2)CC3C4)c1Cl.c1ccc(Nc2ccccc2)cc1. The molecular weight excluding hydrogens is 1120 g/mol. The molecule has 10 aromatic rings. The zero-order valence-electron chi connectivity index (χ0n) is 48.9. The van der Waals surface area contributed by atoms with Crippen LogP contribution in [-0.2, 0) is 10.8 Å². The van der Waals surface area contributed by atoms with E-state index in [-0.39, 0.29) is 10.8 Å². The molecule has 0 amide bonds. The third-order valence-corrected chi connectivity index (χ3v) is 22.9. The molecule has 0 aromatic heterocycles. The second-order valence-electron chi connectivity index (χ2n) is 26.1. The number of rotatable bonds is 7. The van der Waals surface area contributed by atoms with E-state index in [1.807, 2.05) is 72.8 Å². The Morgan fingerprint density at radius 3 is 0.966 bits per heavy atom. The molecule has 2 heterocycles. The summed E-state index contributed by atoms with van der Waals surface area (Å²) >= 11 is 20.8. The van der Waals surface area contributed by atoms with Crippen molar-refractivity contribution in [3.8, 4) is 0 Å². The summed E-state index contributed by atoms with van der Waals surface area (Å²) in [5.74, 6) is 6.60. The van der Waals surface area contributed by atoms with Crippen LogP contribution in [0.25, 0.3) is 0 Å². The van der Waals surface area contributed by atoms with E-state index in [0.29, 0.717) is 21.9 Å². The van der Waals surface area contributed by atoms with Crippen LogP contribution in [0, 0.1) is 47.3 Å². The van der Waals surface area contributed by atoms with Crippen molar-refractivity contribution in [3.63, 3.8) is 0 Å². The molecule has 20 rings (SSSR count). The molecule has 2 aliphatic heterocycles. The molecule has 10 aromatic carbocycles. The molecule has 10 aliphatic rings. The second kappa shape index (κ2) is 22.5. The Balaban J connectivity index is 0.000000121. The van der Waals surface area contributed by atoms with Crippen molar-refractivity contribution in [2.75, 3.05) is 20.0 Å². The van der Waals surface area contributed by atoms with Gasteiger partial charge in [0, 0.05) is 33.6 Å². The number of benzene rings is 10. The van der Waals surface area contributed by atoms with Crippen molar-refractivity contribution in [2.24, 2.45) is 47.3 Å². The highest BCUT2D eigenvalue weighted by Crippen LogP contribution is 2.72. The number of halogens is 3. The fourth-order valence-corrected chi connectivity index (χ4v) is 19.7. The van der Waals surface area contributed by atoms with Crippen molar-refractivity contribution >= 4 is 97.4 Å². The molecule has 1 N–H and O–H groups in total. The zero-order chi connectivity index (χ0) is 58.2. The maximum absolute atomic E-state index is 7.58. The molecule has 8 saturated carbocycles. The first-order chi connectivity index (χ1) is 42.9. The summed E-state index contributed by atoms with van der Waals surface area (Å²) in [4.78, 5) is 7.09. The fraction of sp³-hybridized carbons (Fsp3) is 0.250. The van der Waals surface area contributed by atoms with Gasteiger partial charge in [0.05, 0.1) is 54.9 Å². The molecular formula is C80H71Cl3N4. The van der Waals surface area contributed by atoms with Crippen LogP contribution in [0.5, 0.6) is 0 Å². The van der Waals surface area contributed by atoms with E-state index in [2.05, 4.69) is 202 Å². The van der Waals surface area contributed by atoms with Gasteiger partial charge in [-0.15, -0.1) is 0 Å². The van der Waals surface area contributed by atoms with Gasteiger partial charge >= 0.3 is 0 Å². The minimum Gasteiger partial charge on any atom is -0.356 e. The van der Waals surface area contributed by atoms with E-state index in [1.54, 1.807) is 0 Å². The Morgan fingerprint density at radius 2 is 0.598 bits per heavy atom. The molecule has 0 atom stereocenters. The normalized spacial score (nSPS) is 23.7. The van der Waals surface area contributed by atoms with E-state index in [4.69, 9.17) is 34.8 Å². The first-order valence-electron chi connectivity index (χ1n) is 31.8. The van der Waals surface area contributed by atoms with E-state index in [9.17, 15) is 0 Å². The van der Waals surface area contributed by atoms with Gasteiger partial charge < -0.3 is 20.0 Å². The molecule has 7 heteroatoms. The lowest BCUT2D eigenvalue weighted by Gasteiger charge is -2.64. The Kier molecular flexibility index (Phi) is 14.1. The first-order valence-corrected chi connectivity index (χ1v) is 33.0. The number of nitrogens with one attached hydrogen (secondary N) is 1. The van der Waals surface area contributed by atoms with Crippen molar-refractivity contribution in [1.82, 2.24) is 0 Å². The van der Waals surface area contributed by atoms with Gasteiger partial charge in [-0.25, -0.2) is 0 Å². The third kappa shape index (κ3) is 9.05. The molecule has 87 heavy (non-hydrogen) atoms. The highest BCUT2D eigenvalue weighted by Gasteiger charge is 2.63. The van der Waals surface area contributed by atoms with Crippen LogP contribution in [0.15, 0.2) is 255 Å². The van der Waals surface area contributed by atoms with Gasteiger partial charge in [-0.1, -0.05) is 193 Å². The highest BCUT2D eigenvalue weighted by molar-refractivity contribution is 6.44. The lowest BCUT2D eigenvalue weighted by atomic mass is 9.41.